The molecular formula is C54H32O. The molecule has 0 atom stereocenters. The van der Waals surface area contributed by atoms with E-state index in [2.05, 4.69) is 194 Å². The number of rotatable bonds is 3. The van der Waals surface area contributed by atoms with Gasteiger partial charge >= 0.3 is 0 Å². The molecule has 0 bridgehead atoms. The van der Waals surface area contributed by atoms with Crippen LogP contribution in [0.4, 0.5) is 0 Å². The van der Waals surface area contributed by atoms with Gasteiger partial charge in [-0.05, 0) is 122 Å². The highest BCUT2D eigenvalue weighted by Gasteiger charge is 2.20. The van der Waals surface area contributed by atoms with Crippen LogP contribution in [-0.4, -0.2) is 0 Å². The molecule has 0 aliphatic carbocycles. The molecule has 1 heterocycles. The van der Waals surface area contributed by atoms with Gasteiger partial charge in [-0.3, -0.25) is 0 Å². The van der Waals surface area contributed by atoms with Crippen LogP contribution in [0.3, 0.4) is 0 Å². The highest BCUT2D eigenvalue weighted by molar-refractivity contribution is 6.28. The van der Waals surface area contributed by atoms with Crippen molar-refractivity contribution in [2.45, 2.75) is 0 Å². The second kappa shape index (κ2) is 11.6. The zero-order valence-corrected chi connectivity index (χ0v) is 29.9. The molecule has 0 unspecified atom stereocenters. The van der Waals surface area contributed by atoms with E-state index in [1.807, 2.05) is 0 Å². The molecule has 1 nitrogen and oxygen atoms in total. The molecule has 254 valence electrons. The average molecular weight is 697 g/mol. The summed E-state index contributed by atoms with van der Waals surface area (Å²) in [6.45, 7) is 0. The number of fused-ring (bicyclic) bond motifs is 11. The summed E-state index contributed by atoms with van der Waals surface area (Å²) >= 11 is 0. The van der Waals surface area contributed by atoms with Gasteiger partial charge in [-0.25, -0.2) is 0 Å². The molecule has 0 saturated heterocycles. The van der Waals surface area contributed by atoms with Gasteiger partial charge < -0.3 is 4.42 Å². The van der Waals surface area contributed by atoms with Gasteiger partial charge in [0.15, 0.2) is 0 Å². The van der Waals surface area contributed by atoms with Crippen molar-refractivity contribution < 1.29 is 4.42 Å². The third kappa shape index (κ3) is 4.48. The minimum atomic E-state index is 0.911. The zero-order valence-electron chi connectivity index (χ0n) is 29.9. The average Bonchev–Trinajstić information content (AvgIpc) is 3.62. The smallest absolute Gasteiger partial charge is 0.136 e. The maximum atomic E-state index is 6.43. The molecule has 11 aromatic carbocycles. The Labute approximate surface area is 317 Å². The van der Waals surface area contributed by atoms with E-state index in [1.54, 1.807) is 0 Å². The monoisotopic (exact) mass is 696 g/mol. The summed E-state index contributed by atoms with van der Waals surface area (Å²) in [5.74, 6) is 0. The predicted octanol–water partition coefficient (Wildman–Crippen LogP) is 15.5. The second-order valence-corrected chi connectivity index (χ2v) is 14.7. The number of hydrogen-bond acceptors (Lipinski definition) is 1. The fourth-order valence-electron chi connectivity index (χ4n) is 9.38. The van der Waals surface area contributed by atoms with Crippen molar-refractivity contribution in [2.75, 3.05) is 0 Å². The van der Waals surface area contributed by atoms with Gasteiger partial charge in [-0.1, -0.05) is 170 Å². The van der Waals surface area contributed by atoms with E-state index in [0.29, 0.717) is 0 Å². The normalized spacial score (nSPS) is 12.0. The van der Waals surface area contributed by atoms with Crippen LogP contribution in [0.5, 0.6) is 0 Å². The van der Waals surface area contributed by atoms with Crippen molar-refractivity contribution >= 4 is 86.6 Å². The largest absolute Gasteiger partial charge is 0.456 e. The van der Waals surface area contributed by atoms with Gasteiger partial charge in [0.05, 0.1) is 0 Å². The molecule has 12 rings (SSSR count). The summed E-state index contributed by atoms with van der Waals surface area (Å²) < 4.78 is 6.43. The first-order valence-corrected chi connectivity index (χ1v) is 19.0. The maximum absolute atomic E-state index is 6.43. The Kier molecular flexibility index (Phi) is 6.40. The van der Waals surface area contributed by atoms with E-state index in [9.17, 15) is 0 Å². The number of benzene rings is 11. The molecule has 1 heteroatoms. The Morgan fingerprint density at radius 1 is 0.255 bits per heavy atom. The number of hydrogen-bond donors (Lipinski definition) is 0. The standard InChI is InChI=1S/C54H32O/c1-2-14-37-32-50-48(30-36(37)13-1)54-40(22-11-23-49(54)55-50)34-24-27-35(28-25-34)51-43-18-7-9-20-45(43)53(46-21-10-8-19-44(46)51)47-31-38-29-26-33-12-3-4-15-39(33)52(38)42-17-6-5-16-41(42)47/h1-32H. The predicted molar refractivity (Wildman–Crippen MR) is 235 cm³/mol. The molecule has 0 spiro atoms. The molecular weight excluding hydrogens is 665 g/mol. The highest BCUT2D eigenvalue weighted by Crippen LogP contribution is 2.48. The lowest BCUT2D eigenvalue weighted by atomic mass is 9.83. The van der Waals surface area contributed by atoms with Gasteiger partial charge in [0, 0.05) is 10.8 Å². The van der Waals surface area contributed by atoms with Crippen LogP contribution in [0.2, 0.25) is 0 Å². The van der Waals surface area contributed by atoms with E-state index in [1.165, 1.54) is 98.0 Å². The van der Waals surface area contributed by atoms with Crippen LogP contribution in [0.25, 0.3) is 120 Å². The Morgan fingerprint density at radius 2 is 0.800 bits per heavy atom. The van der Waals surface area contributed by atoms with Crippen LogP contribution in [0, 0.1) is 0 Å². The van der Waals surface area contributed by atoms with Crippen LogP contribution < -0.4 is 0 Å². The lowest BCUT2D eigenvalue weighted by Gasteiger charge is -2.20. The molecule has 0 saturated carbocycles. The summed E-state index contributed by atoms with van der Waals surface area (Å²) in [7, 11) is 0. The maximum Gasteiger partial charge on any atom is 0.136 e. The van der Waals surface area contributed by atoms with E-state index in [4.69, 9.17) is 4.42 Å². The van der Waals surface area contributed by atoms with Crippen molar-refractivity contribution in [1.29, 1.82) is 0 Å². The topological polar surface area (TPSA) is 13.1 Å². The Balaban J connectivity index is 1.08. The fraction of sp³-hybridized carbons (Fsp3) is 0. The summed E-state index contributed by atoms with van der Waals surface area (Å²) in [5, 5.41) is 17.4. The number of furan rings is 1. The molecule has 12 aromatic rings. The zero-order chi connectivity index (χ0) is 36.0. The van der Waals surface area contributed by atoms with E-state index >= 15 is 0 Å². The van der Waals surface area contributed by atoms with E-state index in [-0.39, 0.29) is 0 Å². The van der Waals surface area contributed by atoms with Gasteiger partial charge in [0.1, 0.15) is 11.2 Å². The van der Waals surface area contributed by atoms with E-state index in [0.717, 1.165) is 21.9 Å². The molecule has 0 aliphatic rings. The minimum absolute atomic E-state index is 0.911. The minimum Gasteiger partial charge on any atom is -0.456 e. The van der Waals surface area contributed by atoms with Crippen molar-refractivity contribution in [3.8, 4) is 33.4 Å². The Hall–Kier alpha value is -7.22. The second-order valence-electron chi connectivity index (χ2n) is 14.7. The third-order valence-corrected chi connectivity index (χ3v) is 11.8. The summed E-state index contributed by atoms with van der Waals surface area (Å²) in [6, 6.07) is 71.1. The fourth-order valence-corrected chi connectivity index (χ4v) is 9.38. The van der Waals surface area contributed by atoms with Crippen LogP contribution >= 0.6 is 0 Å². The Bertz CT molecular complexity index is 3470. The van der Waals surface area contributed by atoms with Crippen LogP contribution in [0.15, 0.2) is 199 Å². The lowest BCUT2D eigenvalue weighted by molar-refractivity contribution is 0.669. The van der Waals surface area contributed by atoms with Gasteiger partial charge in [-0.15, -0.1) is 0 Å². The SMILES string of the molecule is c1ccc2cc3c(cc2c1)oc1cccc(-c2ccc(-c4c5ccccc5c(-c5cc6ccc7ccccc7c6c6ccccc56)c5ccccc45)cc2)c13. The molecule has 0 fully saturated rings. The third-order valence-electron chi connectivity index (χ3n) is 11.8. The van der Waals surface area contributed by atoms with Gasteiger partial charge in [-0.2, -0.15) is 0 Å². The lowest BCUT2D eigenvalue weighted by Crippen LogP contribution is -1.92. The molecule has 55 heavy (non-hydrogen) atoms. The summed E-state index contributed by atoms with van der Waals surface area (Å²) in [6.07, 6.45) is 0. The van der Waals surface area contributed by atoms with E-state index < -0.39 is 0 Å². The van der Waals surface area contributed by atoms with Gasteiger partial charge in [0.25, 0.3) is 0 Å². The van der Waals surface area contributed by atoms with Crippen molar-refractivity contribution in [2.24, 2.45) is 0 Å². The van der Waals surface area contributed by atoms with Crippen molar-refractivity contribution in [3.05, 3.63) is 194 Å². The van der Waals surface area contributed by atoms with Crippen LogP contribution in [0.1, 0.15) is 0 Å². The molecule has 0 radical (unpaired) electrons. The molecule has 0 aliphatic heterocycles. The quantitative estimate of drug-likeness (QED) is 0.132. The van der Waals surface area contributed by atoms with Crippen molar-refractivity contribution in [1.82, 2.24) is 0 Å². The first kappa shape index (κ1) is 30.3. The first-order chi connectivity index (χ1) is 27.3. The summed E-state index contributed by atoms with van der Waals surface area (Å²) in [4.78, 5) is 0. The van der Waals surface area contributed by atoms with Gasteiger partial charge in [0.2, 0.25) is 0 Å². The highest BCUT2D eigenvalue weighted by atomic mass is 16.3. The van der Waals surface area contributed by atoms with Crippen LogP contribution in [-0.2, 0) is 0 Å². The Morgan fingerprint density at radius 3 is 1.51 bits per heavy atom. The summed E-state index contributed by atoms with van der Waals surface area (Å²) in [5.41, 5.74) is 9.19. The molecule has 1 aromatic heterocycles. The molecule has 0 N–H and O–H groups in total. The first-order valence-electron chi connectivity index (χ1n) is 19.0. The van der Waals surface area contributed by atoms with Crippen molar-refractivity contribution in [3.63, 3.8) is 0 Å². The molecule has 0 amide bonds.